The molecule has 16 heavy (non-hydrogen) atoms. The molecule has 0 radical (unpaired) electrons. The van der Waals surface area contributed by atoms with Crippen LogP contribution in [0.5, 0.6) is 0 Å². The molecule has 0 bridgehead atoms. The predicted octanol–water partition coefficient (Wildman–Crippen LogP) is 2.76. The van der Waals surface area contributed by atoms with Crippen molar-refractivity contribution in [2.24, 2.45) is 17.3 Å². The first-order valence-corrected chi connectivity index (χ1v) is 6.84. The van der Waals surface area contributed by atoms with E-state index < -0.39 is 0 Å². The molecule has 0 aliphatic carbocycles. The van der Waals surface area contributed by atoms with Gasteiger partial charge in [-0.15, -0.1) is 0 Å². The quantitative estimate of drug-likeness (QED) is 0.780. The van der Waals surface area contributed by atoms with Crippen molar-refractivity contribution in [2.75, 3.05) is 26.2 Å². The molecule has 1 aliphatic rings. The Morgan fingerprint density at radius 3 is 2.25 bits per heavy atom. The van der Waals surface area contributed by atoms with Crippen molar-refractivity contribution in [1.29, 1.82) is 0 Å². The van der Waals surface area contributed by atoms with Crippen LogP contribution >= 0.6 is 0 Å². The minimum absolute atomic E-state index is 0.102. The Kier molecular flexibility index (Phi) is 5.26. The second-order valence-corrected chi connectivity index (χ2v) is 6.18. The summed E-state index contributed by atoms with van der Waals surface area (Å²) in [5, 5.41) is 9.43. The van der Waals surface area contributed by atoms with Gasteiger partial charge in [-0.3, -0.25) is 0 Å². The molecule has 1 saturated heterocycles. The molecule has 1 aliphatic heterocycles. The molecule has 0 spiro atoms. The van der Waals surface area contributed by atoms with Crippen LogP contribution in [-0.4, -0.2) is 36.2 Å². The topological polar surface area (TPSA) is 23.5 Å². The van der Waals surface area contributed by atoms with Crippen molar-refractivity contribution in [3.05, 3.63) is 0 Å². The predicted molar refractivity (Wildman–Crippen MR) is 69.5 cm³/mol. The zero-order valence-corrected chi connectivity index (χ0v) is 11.5. The van der Waals surface area contributed by atoms with Crippen LogP contribution in [0.15, 0.2) is 0 Å². The monoisotopic (exact) mass is 227 g/mol. The van der Waals surface area contributed by atoms with E-state index in [2.05, 4.69) is 32.6 Å². The van der Waals surface area contributed by atoms with Crippen LogP contribution in [0.2, 0.25) is 0 Å². The number of aliphatic hydroxyl groups is 1. The summed E-state index contributed by atoms with van der Waals surface area (Å²) in [7, 11) is 0. The first kappa shape index (κ1) is 14.0. The SMILES string of the molecule is CCC(C)(CO)CN1CCC(C(C)C)CC1. The summed E-state index contributed by atoms with van der Waals surface area (Å²) < 4.78 is 0. The summed E-state index contributed by atoms with van der Waals surface area (Å²) >= 11 is 0. The summed E-state index contributed by atoms with van der Waals surface area (Å²) in [4.78, 5) is 2.54. The van der Waals surface area contributed by atoms with E-state index >= 15 is 0 Å². The molecule has 1 unspecified atom stereocenters. The molecule has 1 fully saturated rings. The number of hydrogen-bond donors (Lipinski definition) is 1. The molecular weight excluding hydrogens is 198 g/mol. The van der Waals surface area contributed by atoms with E-state index in [1.54, 1.807) is 0 Å². The van der Waals surface area contributed by atoms with Gasteiger partial charge in [0.05, 0.1) is 0 Å². The molecule has 0 saturated carbocycles. The molecule has 1 rings (SSSR count). The highest BCUT2D eigenvalue weighted by atomic mass is 16.3. The van der Waals surface area contributed by atoms with E-state index in [9.17, 15) is 5.11 Å². The van der Waals surface area contributed by atoms with E-state index in [1.807, 2.05) is 0 Å². The van der Waals surface area contributed by atoms with Crippen LogP contribution in [-0.2, 0) is 0 Å². The maximum absolute atomic E-state index is 9.43. The number of likely N-dealkylation sites (tertiary alicyclic amines) is 1. The molecule has 0 amide bonds. The third kappa shape index (κ3) is 3.74. The lowest BCUT2D eigenvalue weighted by atomic mass is 9.84. The summed E-state index contributed by atoms with van der Waals surface area (Å²) in [5.74, 6) is 1.75. The zero-order chi connectivity index (χ0) is 12.2. The van der Waals surface area contributed by atoms with Crippen molar-refractivity contribution in [3.63, 3.8) is 0 Å². The van der Waals surface area contributed by atoms with Gasteiger partial charge in [0, 0.05) is 18.6 Å². The summed E-state index contributed by atoms with van der Waals surface area (Å²) in [6.07, 6.45) is 3.74. The van der Waals surface area contributed by atoms with Crippen molar-refractivity contribution in [1.82, 2.24) is 4.90 Å². The molecule has 0 aromatic rings. The molecule has 2 heteroatoms. The van der Waals surface area contributed by atoms with E-state index in [4.69, 9.17) is 0 Å². The fourth-order valence-corrected chi connectivity index (χ4v) is 2.59. The lowest BCUT2D eigenvalue weighted by molar-refractivity contribution is 0.0609. The fourth-order valence-electron chi connectivity index (χ4n) is 2.59. The highest BCUT2D eigenvalue weighted by Crippen LogP contribution is 2.28. The Labute approximate surface area is 101 Å². The molecule has 1 atom stereocenters. The van der Waals surface area contributed by atoms with Gasteiger partial charge in [-0.05, 0) is 44.2 Å². The zero-order valence-electron chi connectivity index (χ0n) is 11.5. The molecule has 1 heterocycles. The standard InChI is InChI=1S/C14H29NO/c1-5-14(4,11-16)10-15-8-6-13(7-9-15)12(2)3/h12-13,16H,5-11H2,1-4H3. The largest absolute Gasteiger partial charge is 0.396 e. The van der Waals surface area contributed by atoms with Gasteiger partial charge in [0.1, 0.15) is 0 Å². The van der Waals surface area contributed by atoms with Gasteiger partial charge in [0.25, 0.3) is 0 Å². The average Bonchev–Trinajstić information content (AvgIpc) is 2.29. The third-order valence-corrected chi connectivity index (χ3v) is 4.42. The molecule has 2 nitrogen and oxygen atoms in total. The van der Waals surface area contributed by atoms with E-state index in [0.29, 0.717) is 6.61 Å². The maximum Gasteiger partial charge on any atom is 0.0496 e. The summed E-state index contributed by atoms with van der Waals surface area (Å²) in [6, 6.07) is 0. The smallest absolute Gasteiger partial charge is 0.0496 e. The van der Waals surface area contributed by atoms with Crippen molar-refractivity contribution in [2.45, 2.75) is 47.0 Å². The van der Waals surface area contributed by atoms with Gasteiger partial charge in [-0.25, -0.2) is 0 Å². The van der Waals surface area contributed by atoms with Gasteiger partial charge in [0.15, 0.2) is 0 Å². The summed E-state index contributed by atoms with van der Waals surface area (Å²) in [5.41, 5.74) is 0.102. The highest BCUT2D eigenvalue weighted by Gasteiger charge is 2.28. The summed E-state index contributed by atoms with van der Waals surface area (Å²) in [6.45, 7) is 12.9. The first-order valence-electron chi connectivity index (χ1n) is 6.84. The molecule has 0 aromatic carbocycles. The lowest BCUT2D eigenvalue weighted by Crippen LogP contribution is -2.43. The van der Waals surface area contributed by atoms with Gasteiger partial charge in [-0.2, -0.15) is 0 Å². The van der Waals surface area contributed by atoms with Crippen LogP contribution in [0.4, 0.5) is 0 Å². The number of aliphatic hydroxyl groups excluding tert-OH is 1. The number of nitrogens with zero attached hydrogens (tertiary/aromatic N) is 1. The van der Waals surface area contributed by atoms with E-state index in [1.165, 1.54) is 25.9 Å². The fraction of sp³-hybridized carbons (Fsp3) is 1.00. The maximum atomic E-state index is 9.43. The van der Waals surface area contributed by atoms with Crippen LogP contribution in [0.1, 0.15) is 47.0 Å². The Morgan fingerprint density at radius 2 is 1.88 bits per heavy atom. The number of rotatable bonds is 5. The normalized spacial score (nSPS) is 23.6. The van der Waals surface area contributed by atoms with Gasteiger partial charge in [0.2, 0.25) is 0 Å². The van der Waals surface area contributed by atoms with Gasteiger partial charge >= 0.3 is 0 Å². The van der Waals surface area contributed by atoms with Crippen molar-refractivity contribution < 1.29 is 5.11 Å². The van der Waals surface area contributed by atoms with E-state index in [0.717, 1.165) is 24.8 Å². The molecule has 0 aromatic heterocycles. The average molecular weight is 227 g/mol. The minimum atomic E-state index is 0.102. The van der Waals surface area contributed by atoms with Crippen LogP contribution < -0.4 is 0 Å². The second-order valence-electron chi connectivity index (χ2n) is 6.18. The number of hydrogen-bond acceptors (Lipinski definition) is 2. The van der Waals surface area contributed by atoms with Crippen molar-refractivity contribution >= 4 is 0 Å². The van der Waals surface area contributed by atoms with Crippen LogP contribution in [0, 0.1) is 17.3 Å². The highest BCUT2D eigenvalue weighted by molar-refractivity contribution is 4.80. The third-order valence-electron chi connectivity index (χ3n) is 4.42. The minimum Gasteiger partial charge on any atom is -0.396 e. The first-order chi connectivity index (χ1) is 7.50. The van der Waals surface area contributed by atoms with Gasteiger partial charge in [-0.1, -0.05) is 27.7 Å². The molecular formula is C14H29NO. The Hall–Kier alpha value is -0.0800. The van der Waals surface area contributed by atoms with Crippen LogP contribution in [0.25, 0.3) is 0 Å². The van der Waals surface area contributed by atoms with E-state index in [-0.39, 0.29) is 5.41 Å². The lowest BCUT2D eigenvalue weighted by Gasteiger charge is -2.38. The molecule has 1 N–H and O–H groups in total. The Morgan fingerprint density at radius 1 is 1.31 bits per heavy atom. The number of piperidine rings is 1. The van der Waals surface area contributed by atoms with Crippen molar-refractivity contribution in [3.8, 4) is 0 Å². The second kappa shape index (κ2) is 6.02. The Bertz CT molecular complexity index is 191. The van der Waals surface area contributed by atoms with Crippen LogP contribution in [0.3, 0.4) is 0 Å². The van der Waals surface area contributed by atoms with Gasteiger partial charge < -0.3 is 10.0 Å². The Balaban J connectivity index is 2.37. The molecule has 96 valence electrons.